The zero-order chi connectivity index (χ0) is 23.9. The number of sulfone groups is 1. The smallest absolute Gasteiger partial charge is 0.410 e. The number of benzene rings is 1. The Morgan fingerprint density at radius 3 is 2.18 bits per heavy atom. The summed E-state index contributed by atoms with van der Waals surface area (Å²) in [6.45, 7) is 0. The van der Waals surface area contributed by atoms with Crippen LogP contribution in [-0.4, -0.2) is 54.5 Å². The predicted molar refractivity (Wildman–Crippen MR) is 126 cm³/mol. The molecule has 1 amide bonds. The first-order valence-electron chi connectivity index (χ1n) is 12.0. The Hall–Kier alpha value is -2.81. The lowest BCUT2D eigenvalue weighted by atomic mass is 10.00. The molecule has 2 unspecified atom stereocenters. The fourth-order valence-electron chi connectivity index (χ4n) is 5.52. The fourth-order valence-corrected chi connectivity index (χ4v) is 6.16. The van der Waals surface area contributed by atoms with E-state index >= 15 is 0 Å². The van der Waals surface area contributed by atoms with Crippen molar-refractivity contribution in [3.63, 3.8) is 0 Å². The molecule has 1 aliphatic carbocycles. The maximum atomic E-state index is 12.8. The summed E-state index contributed by atoms with van der Waals surface area (Å²) in [6, 6.07) is 9.62. The van der Waals surface area contributed by atoms with Crippen LogP contribution < -0.4 is 10.3 Å². The van der Waals surface area contributed by atoms with Gasteiger partial charge in [-0.05, 0) is 68.9 Å². The molecular formula is C25H30N2O6S. The molecule has 9 heteroatoms. The van der Waals surface area contributed by atoms with E-state index < -0.39 is 9.84 Å². The predicted octanol–water partition coefficient (Wildman–Crippen LogP) is 3.69. The number of hydrogen-bond acceptors (Lipinski definition) is 6. The maximum Gasteiger partial charge on any atom is 0.410 e. The summed E-state index contributed by atoms with van der Waals surface area (Å²) in [5, 5.41) is 0. The highest BCUT2D eigenvalue weighted by molar-refractivity contribution is 7.90. The molecule has 2 atom stereocenters. The number of carbonyl (C=O) groups is 1. The van der Waals surface area contributed by atoms with Crippen LogP contribution in [0.5, 0.6) is 5.75 Å². The fraction of sp³-hybridized carbons (Fsp3) is 0.520. The molecule has 2 bridgehead atoms. The molecule has 8 nitrogen and oxygen atoms in total. The molecule has 2 aromatic rings. The van der Waals surface area contributed by atoms with Crippen molar-refractivity contribution in [1.29, 1.82) is 0 Å². The van der Waals surface area contributed by atoms with E-state index in [1.807, 2.05) is 4.90 Å². The van der Waals surface area contributed by atoms with Gasteiger partial charge in [-0.1, -0.05) is 0 Å². The number of pyridine rings is 1. The number of piperidine rings is 1. The third-order valence-corrected chi connectivity index (χ3v) is 8.34. The van der Waals surface area contributed by atoms with Crippen LogP contribution in [0.2, 0.25) is 0 Å². The Morgan fingerprint density at radius 2 is 1.59 bits per heavy atom. The van der Waals surface area contributed by atoms with Gasteiger partial charge in [-0.25, -0.2) is 13.2 Å². The molecule has 0 spiro atoms. The van der Waals surface area contributed by atoms with Crippen molar-refractivity contribution in [2.24, 2.45) is 0 Å². The van der Waals surface area contributed by atoms with Crippen molar-refractivity contribution in [2.75, 3.05) is 6.26 Å². The quantitative estimate of drug-likeness (QED) is 0.640. The number of carbonyl (C=O) groups excluding carboxylic acids is 1. The summed E-state index contributed by atoms with van der Waals surface area (Å²) in [5.74, 6) is 0.500. The zero-order valence-electron chi connectivity index (χ0n) is 19.3. The molecule has 1 aromatic carbocycles. The summed E-state index contributed by atoms with van der Waals surface area (Å²) < 4.78 is 36.7. The molecule has 2 saturated heterocycles. The van der Waals surface area contributed by atoms with Gasteiger partial charge in [-0.3, -0.25) is 9.36 Å². The second-order valence-corrected chi connectivity index (χ2v) is 11.6. The van der Waals surface area contributed by atoms with Crippen molar-refractivity contribution in [3.05, 3.63) is 52.9 Å². The largest absolute Gasteiger partial charge is 0.490 e. The second kappa shape index (κ2) is 9.09. The first-order valence-corrected chi connectivity index (χ1v) is 13.9. The normalized spacial score (nSPS) is 24.9. The van der Waals surface area contributed by atoms with Gasteiger partial charge in [0.05, 0.1) is 4.90 Å². The van der Waals surface area contributed by atoms with Gasteiger partial charge in [-0.2, -0.15) is 0 Å². The number of rotatable bonds is 5. The maximum absolute atomic E-state index is 12.8. The minimum absolute atomic E-state index is 0.0580. The van der Waals surface area contributed by atoms with E-state index in [1.165, 1.54) is 22.8 Å². The van der Waals surface area contributed by atoms with E-state index in [0.29, 0.717) is 11.4 Å². The third kappa shape index (κ3) is 4.71. The second-order valence-electron chi connectivity index (χ2n) is 9.63. The average Bonchev–Trinajstić information content (AvgIpc) is 3.39. The van der Waals surface area contributed by atoms with E-state index in [4.69, 9.17) is 9.47 Å². The van der Waals surface area contributed by atoms with Crippen molar-refractivity contribution < 1.29 is 22.7 Å². The molecule has 0 radical (unpaired) electrons. The van der Waals surface area contributed by atoms with Crippen LogP contribution in [0.15, 0.2) is 52.3 Å². The summed E-state index contributed by atoms with van der Waals surface area (Å²) in [5.41, 5.74) is 0.321. The molecule has 5 rings (SSSR count). The summed E-state index contributed by atoms with van der Waals surface area (Å²) >= 11 is 0. The first kappa shape index (κ1) is 23.0. The van der Waals surface area contributed by atoms with Crippen LogP contribution in [0, 0.1) is 0 Å². The van der Waals surface area contributed by atoms with Gasteiger partial charge < -0.3 is 14.4 Å². The third-order valence-electron chi connectivity index (χ3n) is 7.21. The Bertz CT molecular complexity index is 1200. The topological polar surface area (TPSA) is 94.9 Å². The molecule has 2 aliphatic heterocycles. The van der Waals surface area contributed by atoms with Crippen LogP contribution in [0.4, 0.5) is 4.79 Å². The summed E-state index contributed by atoms with van der Waals surface area (Å²) in [6.07, 6.45) is 10.2. The highest BCUT2D eigenvalue weighted by Crippen LogP contribution is 2.38. The van der Waals surface area contributed by atoms with E-state index in [9.17, 15) is 18.0 Å². The number of ether oxygens (including phenoxy) is 2. The van der Waals surface area contributed by atoms with Crippen LogP contribution in [-0.2, 0) is 14.6 Å². The Balaban J connectivity index is 1.23. The van der Waals surface area contributed by atoms with Gasteiger partial charge in [0, 0.05) is 49.1 Å². The lowest BCUT2D eigenvalue weighted by molar-refractivity contribution is 0.0164. The lowest BCUT2D eigenvalue weighted by Gasteiger charge is -2.38. The van der Waals surface area contributed by atoms with Gasteiger partial charge in [0.25, 0.3) is 5.56 Å². The van der Waals surface area contributed by atoms with Gasteiger partial charge >= 0.3 is 6.09 Å². The minimum atomic E-state index is -3.29. The number of fused-ring (bicyclic) bond motifs is 2. The van der Waals surface area contributed by atoms with Crippen molar-refractivity contribution in [2.45, 2.75) is 80.6 Å². The molecule has 3 aliphatic rings. The number of hydrogen-bond donors (Lipinski definition) is 0. The molecule has 0 N–H and O–H groups in total. The van der Waals surface area contributed by atoms with Crippen LogP contribution in [0.3, 0.4) is 0 Å². The first-order chi connectivity index (χ1) is 16.3. The van der Waals surface area contributed by atoms with Crippen molar-refractivity contribution in [1.82, 2.24) is 9.47 Å². The van der Waals surface area contributed by atoms with Crippen LogP contribution in [0.1, 0.15) is 51.4 Å². The Kier molecular flexibility index (Phi) is 6.14. The van der Waals surface area contributed by atoms with E-state index in [2.05, 4.69) is 0 Å². The van der Waals surface area contributed by atoms with E-state index in [0.717, 1.165) is 57.6 Å². The van der Waals surface area contributed by atoms with E-state index in [1.54, 1.807) is 24.4 Å². The molecule has 1 saturated carbocycles. The highest BCUT2D eigenvalue weighted by atomic mass is 32.2. The average molecular weight is 487 g/mol. The Labute approximate surface area is 199 Å². The van der Waals surface area contributed by atoms with Crippen molar-refractivity contribution >= 4 is 15.9 Å². The molecular weight excluding hydrogens is 456 g/mol. The standard InChI is InChI=1S/C25H30N2O6S/c1-34(30,31)23-10-8-17(9-11-23)26-13-12-21(16-24(26)28)32-22-14-18-6-7-19(15-22)27(18)25(29)33-20-4-2-3-5-20/h8-13,16,18-20,22H,2-7,14-15H2,1H3. The molecule has 34 heavy (non-hydrogen) atoms. The molecule has 3 fully saturated rings. The lowest BCUT2D eigenvalue weighted by Crippen LogP contribution is -2.50. The van der Waals surface area contributed by atoms with Crippen LogP contribution >= 0.6 is 0 Å². The number of amides is 1. The van der Waals surface area contributed by atoms with Crippen molar-refractivity contribution in [3.8, 4) is 11.4 Å². The molecule has 182 valence electrons. The molecule has 1 aromatic heterocycles. The SMILES string of the molecule is CS(=O)(=O)c1ccc(-n2ccc(OC3CC4CCC(C3)N4C(=O)OC3CCCC3)cc2=O)cc1. The van der Waals surface area contributed by atoms with Crippen LogP contribution in [0.25, 0.3) is 5.69 Å². The van der Waals surface area contributed by atoms with Gasteiger partial charge in [0.2, 0.25) is 0 Å². The number of aromatic nitrogens is 1. The number of nitrogens with zero attached hydrogens (tertiary/aromatic N) is 2. The minimum Gasteiger partial charge on any atom is -0.490 e. The van der Waals surface area contributed by atoms with Gasteiger partial charge in [-0.15, -0.1) is 0 Å². The van der Waals surface area contributed by atoms with E-state index in [-0.39, 0.29) is 40.8 Å². The summed E-state index contributed by atoms with van der Waals surface area (Å²) in [4.78, 5) is 27.6. The van der Waals surface area contributed by atoms with Gasteiger partial charge in [0.15, 0.2) is 9.84 Å². The summed E-state index contributed by atoms with van der Waals surface area (Å²) in [7, 11) is -3.29. The monoisotopic (exact) mass is 486 g/mol. The zero-order valence-corrected chi connectivity index (χ0v) is 20.1. The highest BCUT2D eigenvalue weighted by Gasteiger charge is 2.45. The Morgan fingerprint density at radius 1 is 0.941 bits per heavy atom. The molecule has 3 heterocycles. The van der Waals surface area contributed by atoms with Gasteiger partial charge in [0.1, 0.15) is 18.0 Å².